The summed E-state index contributed by atoms with van der Waals surface area (Å²) in [5.74, 6) is -9.51. The Morgan fingerprint density at radius 1 is 0.893 bits per heavy atom. The highest BCUT2D eigenvalue weighted by atomic mass is 16.6. The molecule has 0 aliphatic carbocycles. The van der Waals surface area contributed by atoms with Gasteiger partial charge in [0.25, 0.3) is 11.7 Å². The zero-order chi connectivity index (χ0) is 41.9. The molecule has 0 aromatic heterocycles. The van der Waals surface area contributed by atoms with E-state index in [2.05, 4.69) is 0 Å². The molecule has 0 radical (unpaired) electrons. The fourth-order valence-corrected chi connectivity index (χ4v) is 7.98. The third-order valence-corrected chi connectivity index (χ3v) is 12.0. The largest absolute Gasteiger partial charge is 0.460 e. The van der Waals surface area contributed by atoms with Crippen LogP contribution >= 0.6 is 0 Å². The Hall–Kier alpha value is -3.29. The number of cyclic esters (lactones) is 1. The number of hydrogen-bond acceptors (Lipinski definition) is 11. The second kappa shape index (κ2) is 21.5. The fourth-order valence-electron chi connectivity index (χ4n) is 7.98. The summed E-state index contributed by atoms with van der Waals surface area (Å²) < 4.78 is 12.0. The van der Waals surface area contributed by atoms with Gasteiger partial charge in [-0.25, -0.2) is 4.79 Å². The SMILES string of the molecule is C/C1=C/C=C/C=C/C(C)CC(C)C(=O)C(CO)C(O)/C(C)=C/C(C)C(=O)CC(C(C)C)OC(=O)C2CCCCN2C(=O)C(=O)C2(O)OC(CCC2C)CC1CO. The average molecular weight is 786 g/mol. The maximum Gasteiger partial charge on any atom is 0.329 e. The van der Waals surface area contributed by atoms with Crippen LogP contribution in [0.2, 0.25) is 0 Å². The normalized spacial score (nSPS) is 38.9. The van der Waals surface area contributed by atoms with Gasteiger partial charge in [-0.05, 0) is 76.2 Å². The van der Waals surface area contributed by atoms with E-state index in [1.165, 1.54) is 0 Å². The van der Waals surface area contributed by atoms with E-state index in [1.807, 2.05) is 44.2 Å². The summed E-state index contributed by atoms with van der Waals surface area (Å²) >= 11 is 0. The Labute approximate surface area is 333 Å². The zero-order valence-corrected chi connectivity index (χ0v) is 34.7. The molecule has 2 bridgehead atoms. The van der Waals surface area contributed by atoms with Crippen molar-refractivity contribution in [1.82, 2.24) is 4.90 Å². The third-order valence-electron chi connectivity index (χ3n) is 12.0. The lowest BCUT2D eigenvalue weighted by Crippen LogP contribution is -2.60. The molecule has 4 N–H and O–H groups in total. The van der Waals surface area contributed by atoms with Crippen molar-refractivity contribution in [1.29, 1.82) is 0 Å². The lowest BCUT2D eigenvalue weighted by molar-refractivity contribution is -0.265. The number of ether oxygens (including phenoxy) is 2. The Bertz CT molecular complexity index is 1510. The maximum absolute atomic E-state index is 13.9. The number of amides is 1. The van der Waals surface area contributed by atoms with Crippen molar-refractivity contribution in [3.8, 4) is 0 Å². The van der Waals surface area contributed by atoms with Gasteiger partial charge < -0.3 is 34.8 Å². The number of fused-ring (bicyclic) bond motifs is 3. The number of carbonyl (C=O) groups excluding carboxylic acids is 5. The topological polar surface area (TPSA) is 188 Å². The summed E-state index contributed by atoms with van der Waals surface area (Å²) in [6.45, 7) is 13.5. The highest BCUT2D eigenvalue weighted by molar-refractivity contribution is 6.39. The van der Waals surface area contributed by atoms with Gasteiger partial charge in [0.15, 0.2) is 0 Å². The summed E-state index contributed by atoms with van der Waals surface area (Å²) in [6, 6.07) is -1.10. The van der Waals surface area contributed by atoms with Crippen LogP contribution in [-0.2, 0) is 33.4 Å². The van der Waals surface area contributed by atoms with E-state index < -0.39 is 78.1 Å². The number of hydrogen-bond donors (Lipinski definition) is 4. The van der Waals surface area contributed by atoms with Gasteiger partial charge in [0.2, 0.25) is 5.79 Å². The van der Waals surface area contributed by atoms with Crippen LogP contribution in [0.3, 0.4) is 0 Å². The number of aliphatic hydroxyl groups is 4. The highest BCUT2D eigenvalue weighted by Gasteiger charge is 2.53. The maximum atomic E-state index is 13.9. The summed E-state index contributed by atoms with van der Waals surface area (Å²) in [6.07, 6.45) is 11.0. The minimum Gasteiger partial charge on any atom is -0.460 e. The number of Topliss-reactive ketones (excluding diaryl/α,β-unsaturated/α-hetero) is 3. The standard InChI is InChI=1S/C44H67NO11/c1-26(2)38-23-37(48)29(5)21-31(7)40(50)35(25-47)39(49)30(6)20-27(3)14-10-9-11-15-28(4)33(24-46)22-34-18-17-32(8)44(54,56-34)41(51)42(52)45-19-13-12-16-36(45)43(53)55-38/h9-11,14-15,21,26-27,29-30,32-36,38,40,46-47,50,54H,12-13,16-20,22-25H2,1-8H3/b11-9+,14-10+,28-15-,31-21+. The average Bonchev–Trinajstić information content (AvgIpc) is 3.16. The fraction of sp³-hybridized carbons (Fsp3) is 0.705. The summed E-state index contributed by atoms with van der Waals surface area (Å²) in [5, 5.41) is 43.4. The van der Waals surface area contributed by atoms with Crippen LogP contribution in [0.25, 0.3) is 0 Å². The quantitative estimate of drug-likeness (QED) is 0.175. The molecule has 3 aliphatic heterocycles. The summed E-state index contributed by atoms with van der Waals surface area (Å²) in [7, 11) is 0. The lowest BCUT2D eigenvalue weighted by Gasteiger charge is -2.42. The molecule has 0 spiro atoms. The number of esters is 1. The van der Waals surface area contributed by atoms with Gasteiger partial charge >= 0.3 is 5.97 Å². The smallest absolute Gasteiger partial charge is 0.329 e. The first kappa shape index (κ1) is 47.1. The molecule has 3 heterocycles. The number of carbonyl (C=O) groups is 5. The molecule has 11 atom stereocenters. The van der Waals surface area contributed by atoms with E-state index in [0.29, 0.717) is 44.1 Å². The molecule has 12 heteroatoms. The molecule has 3 aliphatic rings. The minimum absolute atomic E-state index is 0.00129. The first-order valence-corrected chi connectivity index (χ1v) is 20.5. The van der Waals surface area contributed by atoms with Crippen molar-refractivity contribution in [3.05, 3.63) is 47.6 Å². The van der Waals surface area contributed by atoms with Crippen molar-refractivity contribution in [2.75, 3.05) is 19.8 Å². The van der Waals surface area contributed by atoms with Gasteiger partial charge in [-0.3, -0.25) is 19.2 Å². The Morgan fingerprint density at radius 2 is 1.59 bits per heavy atom. The monoisotopic (exact) mass is 785 g/mol. The molecule has 3 rings (SSSR count). The molecule has 314 valence electrons. The molecule has 2 saturated heterocycles. The van der Waals surface area contributed by atoms with Crippen LogP contribution in [0.15, 0.2) is 47.6 Å². The second-order valence-electron chi connectivity index (χ2n) is 16.9. The summed E-state index contributed by atoms with van der Waals surface area (Å²) in [5.41, 5.74) is 1.22. The molecule has 11 unspecified atom stereocenters. The van der Waals surface area contributed by atoms with E-state index in [1.54, 1.807) is 47.6 Å². The minimum atomic E-state index is -2.42. The number of piperidine rings is 1. The molecule has 1 amide bonds. The molecular formula is C44H67NO11. The van der Waals surface area contributed by atoms with Gasteiger partial charge in [-0.1, -0.05) is 83.6 Å². The van der Waals surface area contributed by atoms with E-state index >= 15 is 0 Å². The van der Waals surface area contributed by atoms with Gasteiger partial charge in [0.05, 0.1) is 24.7 Å². The van der Waals surface area contributed by atoms with Gasteiger partial charge in [-0.2, -0.15) is 0 Å². The molecular weight excluding hydrogens is 718 g/mol. The predicted octanol–water partition coefficient (Wildman–Crippen LogP) is 4.82. The number of ketones is 3. The van der Waals surface area contributed by atoms with Gasteiger partial charge in [0.1, 0.15) is 23.7 Å². The van der Waals surface area contributed by atoms with Gasteiger partial charge in [-0.15, -0.1) is 0 Å². The Kier molecular flexibility index (Phi) is 18.0. The first-order valence-electron chi connectivity index (χ1n) is 20.5. The first-order chi connectivity index (χ1) is 26.4. The van der Waals surface area contributed by atoms with Crippen LogP contribution in [-0.4, -0.2) is 104 Å². The van der Waals surface area contributed by atoms with Gasteiger partial charge in [0, 0.05) is 43.2 Å². The van der Waals surface area contributed by atoms with E-state index in [4.69, 9.17) is 9.47 Å². The second-order valence-corrected chi connectivity index (χ2v) is 16.9. The third kappa shape index (κ3) is 12.1. The van der Waals surface area contributed by atoms with Crippen LogP contribution < -0.4 is 0 Å². The van der Waals surface area contributed by atoms with Crippen LogP contribution in [0, 0.1) is 41.4 Å². The van der Waals surface area contributed by atoms with E-state index in [0.717, 1.165) is 10.5 Å². The van der Waals surface area contributed by atoms with Crippen molar-refractivity contribution < 1.29 is 53.9 Å². The lowest BCUT2D eigenvalue weighted by atomic mass is 9.82. The summed E-state index contributed by atoms with van der Waals surface area (Å²) in [4.78, 5) is 69.7. The van der Waals surface area contributed by atoms with Crippen molar-refractivity contribution in [2.45, 2.75) is 137 Å². The molecule has 0 saturated carbocycles. The number of allylic oxidation sites excluding steroid dienone is 6. The van der Waals surface area contributed by atoms with Crippen LogP contribution in [0.5, 0.6) is 0 Å². The molecule has 0 aromatic carbocycles. The molecule has 12 nitrogen and oxygen atoms in total. The zero-order valence-electron chi connectivity index (χ0n) is 34.7. The van der Waals surface area contributed by atoms with E-state index in [9.17, 15) is 44.4 Å². The van der Waals surface area contributed by atoms with Crippen molar-refractivity contribution in [3.63, 3.8) is 0 Å². The molecule has 0 aromatic rings. The van der Waals surface area contributed by atoms with Crippen LogP contribution in [0.4, 0.5) is 0 Å². The number of rotatable bonds is 3. The molecule has 56 heavy (non-hydrogen) atoms. The van der Waals surface area contributed by atoms with Crippen LogP contribution in [0.1, 0.15) is 107 Å². The van der Waals surface area contributed by atoms with Crippen molar-refractivity contribution in [2.24, 2.45) is 41.4 Å². The predicted molar refractivity (Wildman–Crippen MR) is 212 cm³/mol. The number of aliphatic hydroxyl groups excluding tert-OH is 3. The Balaban J connectivity index is 1.98. The van der Waals surface area contributed by atoms with Crippen molar-refractivity contribution >= 4 is 29.2 Å². The Morgan fingerprint density at radius 3 is 2.23 bits per heavy atom. The highest BCUT2D eigenvalue weighted by Crippen LogP contribution is 2.37. The number of nitrogens with zero attached hydrogens (tertiary/aromatic N) is 1. The van der Waals surface area contributed by atoms with E-state index in [-0.39, 0.29) is 55.3 Å². The molecule has 2 fully saturated rings.